The van der Waals surface area contributed by atoms with Crippen LogP contribution in [0.25, 0.3) is 0 Å². The number of nitrogens with two attached hydrogens (primary N) is 1. The van der Waals surface area contributed by atoms with Gasteiger partial charge in [0.25, 0.3) is 5.69 Å². The molecule has 1 amide bonds. The third-order valence-electron chi connectivity index (χ3n) is 3.49. The molecule has 0 aromatic heterocycles. The fourth-order valence-corrected chi connectivity index (χ4v) is 2.08. The average molecular weight is 295 g/mol. The minimum absolute atomic E-state index is 0.0483. The number of hydrogen-bond acceptors (Lipinski definition) is 5. The van der Waals surface area contributed by atoms with Crippen LogP contribution in [0.3, 0.4) is 0 Å². The van der Waals surface area contributed by atoms with Gasteiger partial charge in [0.2, 0.25) is 5.91 Å². The Hall–Kier alpha value is -2.15. The van der Waals surface area contributed by atoms with Crippen LogP contribution in [0, 0.1) is 17.0 Å². The molecule has 2 unspecified atom stereocenters. The minimum Gasteiger partial charge on any atom is -0.491 e. The Kier molecular flexibility index (Phi) is 5.26. The Morgan fingerprint density at radius 2 is 2.19 bits per heavy atom. The van der Waals surface area contributed by atoms with Crippen LogP contribution in [0.4, 0.5) is 5.69 Å². The van der Waals surface area contributed by atoms with E-state index in [0.717, 1.165) is 0 Å². The molecule has 3 N–H and O–H groups in total. The van der Waals surface area contributed by atoms with Gasteiger partial charge in [0.15, 0.2) is 0 Å². The molecule has 0 heterocycles. The van der Waals surface area contributed by atoms with Crippen LogP contribution in [0.5, 0.6) is 5.75 Å². The van der Waals surface area contributed by atoms with Crippen LogP contribution in [0.15, 0.2) is 18.2 Å². The van der Waals surface area contributed by atoms with Gasteiger partial charge < -0.3 is 15.8 Å². The van der Waals surface area contributed by atoms with Gasteiger partial charge in [-0.25, -0.2) is 0 Å². The molecule has 0 bridgehead atoms. The second-order valence-electron chi connectivity index (χ2n) is 5.28. The number of amides is 1. The molecule has 2 atom stereocenters. The van der Waals surface area contributed by atoms with Gasteiger partial charge in [-0.15, -0.1) is 0 Å². The second kappa shape index (κ2) is 6.53. The number of carbonyl (C=O) groups is 1. The Balaban J connectivity index is 2.80. The van der Waals surface area contributed by atoms with Crippen molar-refractivity contribution in [2.24, 2.45) is 5.73 Å². The fraction of sp³-hybridized carbons (Fsp3) is 0.500. The van der Waals surface area contributed by atoms with Crippen molar-refractivity contribution in [3.63, 3.8) is 0 Å². The number of rotatable bonds is 7. The first-order chi connectivity index (χ1) is 9.69. The average Bonchev–Trinajstić information content (AvgIpc) is 2.37. The topological polar surface area (TPSA) is 107 Å². The van der Waals surface area contributed by atoms with Crippen LogP contribution in [0.2, 0.25) is 0 Å². The highest BCUT2D eigenvalue weighted by Gasteiger charge is 2.31. The third-order valence-corrected chi connectivity index (χ3v) is 3.49. The van der Waals surface area contributed by atoms with Crippen molar-refractivity contribution < 1.29 is 14.5 Å². The predicted octanol–water partition coefficient (Wildman–Crippen LogP) is 1.52. The van der Waals surface area contributed by atoms with Crippen molar-refractivity contribution >= 4 is 11.6 Å². The molecule has 7 heteroatoms. The van der Waals surface area contributed by atoms with Crippen LogP contribution in [-0.4, -0.2) is 29.5 Å². The molecule has 1 aromatic carbocycles. The Morgan fingerprint density at radius 3 is 2.62 bits per heavy atom. The van der Waals surface area contributed by atoms with Crippen LogP contribution >= 0.6 is 0 Å². The summed E-state index contributed by atoms with van der Waals surface area (Å²) in [6, 6.07) is 4.56. The largest absolute Gasteiger partial charge is 0.491 e. The molecule has 7 nitrogen and oxygen atoms in total. The number of ether oxygens (including phenoxy) is 1. The molecule has 0 aliphatic rings. The third kappa shape index (κ3) is 4.16. The van der Waals surface area contributed by atoms with Gasteiger partial charge in [-0.1, -0.05) is 0 Å². The van der Waals surface area contributed by atoms with Crippen molar-refractivity contribution in [3.05, 3.63) is 33.9 Å². The lowest BCUT2D eigenvalue weighted by molar-refractivity contribution is -0.385. The quantitative estimate of drug-likeness (QED) is 0.586. The SMILES string of the molecule is CNC(C)(CC(C)Oc1ccc([N+](=O)[O-])c(C)c1)C(N)=O. The maximum absolute atomic E-state index is 11.4. The van der Waals surface area contributed by atoms with E-state index in [1.54, 1.807) is 33.0 Å². The molecule has 0 aliphatic heterocycles. The normalized spacial score (nSPS) is 15.0. The first-order valence-corrected chi connectivity index (χ1v) is 6.60. The molecule has 116 valence electrons. The van der Waals surface area contributed by atoms with E-state index in [4.69, 9.17) is 10.5 Å². The van der Waals surface area contributed by atoms with Gasteiger partial charge in [0.05, 0.1) is 16.6 Å². The lowest BCUT2D eigenvalue weighted by Crippen LogP contribution is -2.53. The van der Waals surface area contributed by atoms with Gasteiger partial charge >= 0.3 is 0 Å². The number of likely N-dealkylation sites (N-methyl/N-ethyl adjacent to an activating group) is 1. The summed E-state index contributed by atoms with van der Waals surface area (Å²) in [6.45, 7) is 5.17. The van der Waals surface area contributed by atoms with E-state index in [9.17, 15) is 14.9 Å². The monoisotopic (exact) mass is 295 g/mol. The van der Waals surface area contributed by atoms with E-state index in [1.165, 1.54) is 6.07 Å². The number of nitrogens with one attached hydrogen (secondary N) is 1. The van der Waals surface area contributed by atoms with Gasteiger partial charge in [-0.05, 0) is 40.0 Å². The highest BCUT2D eigenvalue weighted by atomic mass is 16.6. The standard InChI is InChI=1S/C14H21N3O4/c1-9-7-11(5-6-12(9)17(19)20)21-10(2)8-14(3,16-4)13(15)18/h5-7,10,16H,8H2,1-4H3,(H2,15,18). The first-order valence-electron chi connectivity index (χ1n) is 6.60. The Labute approximate surface area is 123 Å². The van der Waals surface area contributed by atoms with Crippen molar-refractivity contribution in [1.82, 2.24) is 5.32 Å². The first kappa shape index (κ1) is 16.9. The minimum atomic E-state index is -0.866. The van der Waals surface area contributed by atoms with Crippen molar-refractivity contribution in [2.45, 2.75) is 38.8 Å². The smallest absolute Gasteiger partial charge is 0.272 e. The zero-order valence-corrected chi connectivity index (χ0v) is 12.7. The Bertz CT molecular complexity index is 547. The summed E-state index contributed by atoms with van der Waals surface area (Å²) in [5, 5.41) is 13.6. The number of nitrogens with zero attached hydrogens (tertiary/aromatic N) is 1. The maximum Gasteiger partial charge on any atom is 0.272 e. The molecule has 1 aromatic rings. The molecular formula is C14H21N3O4. The van der Waals surface area contributed by atoms with E-state index in [-0.39, 0.29) is 11.8 Å². The fourth-order valence-electron chi connectivity index (χ4n) is 2.08. The molecule has 0 fully saturated rings. The van der Waals surface area contributed by atoms with E-state index in [1.807, 2.05) is 6.92 Å². The van der Waals surface area contributed by atoms with Gasteiger partial charge in [0.1, 0.15) is 5.75 Å². The summed E-state index contributed by atoms with van der Waals surface area (Å²) in [6.07, 6.45) is 0.102. The zero-order valence-electron chi connectivity index (χ0n) is 12.7. The van der Waals surface area contributed by atoms with Crippen LogP contribution < -0.4 is 15.8 Å². The number of benzene rings is 1. The highest BCUT2D eigenvalue weighted by Crippen LogP contribution is 2.25. The lowest BCUT2D eigenvalue weighted by atomic mass is 9.94. The van der Waals surface area contributed by atoms with Gasteiger partial charge in [-0.2, -0.15) is 0 Å². The van der Waals surface area contributed by atoms with Crippen molar-refractivity contribution in [1.29, 1.82) is 0 Å². The number of carbonyl (C=O) groups excluding carboxylic acids is 1. The number of nitro groups is 1. The Morgan fingerprint density at radius 1 is 1.57 bits per heavy atom. The second-order valence-corrected chi connectivity index (χ2v) is 5.28. The summed E-state index contributed by atoms with van der Waals surface area (Å²) >= 11 is 0. The lowest BCUT2D eigenvalue weighted by Gasteiger charge is -2.28. The number of nitro benzene ring substituents is 1. The maximum atomic E-state index is 11.4. The summed E-state index contributed by atoms with van der Waals surface area (Å²) in [5.74, 6) is 0.0638. The highest BCUT2D eigenvalue weighted by molar-refractivity contribution is 5.84. The number of aryl methyl sites for hydroxylation is 1. The molecule has 0 saturated heterocycles. The van der Waals surface area contributed by atoms with E-state index in [0.29, 0.717) is 17.7 Å². The molecule has 0 radical (unpaired) electrons. The number of hydrogen-bond donors (Lipinski definition) is 2. The van der Waals surface area contributed by atoms with Crippen molar-refractivity contribution in [3.8, 4) is 5.75 Å². The van der Waals surface area contributed by atoms with Crippen molar-refractivity contribution in [2.75, 3.05) is 7.05 Å². The molecule has 0 spiro atoms. The molecular weight excluding hydrogens is 274 g/mol. The molecule has 21 heavy (non-hydrogen) atoms. The van der Waals surface area contributed by atoms with Gasteiger partial charge in [0, 0.05) is 18.1 Å². The summed E-state index contributed by atoms with van der Waals surface area (Å²) in [4.78, 5) is 21.8. The predicted molar refractivity (Wildman–Crippen MR) is 79.2 cm³/mol. The summed E-state index contributed by atoms with van der Waals surface area (Å²) < 4.78 is 5.71. The van der Waals surface area contributed by atoms with Gasteiger partial charge in [-0.3, -0.25) is 14.9 Å². The van der Waals surface area contributed by atoms with E-state index >= 15 is 0 Å². The summed E-state index contributed by atoms with van der Waals surface area (Å²) in [5.41, 5.74) is 5.08. The molecule has 1 rings (SSSR count). The molecule has 0 aliphatic carbocycles. The summed E-state index contributed by atoms with van der Waals surface area (Å²) in [7, 11) is 1.66. The van der Waals surface area contributed by atoms with Crippen LogP contribution in [-0.2, 0) is 4.79 Å². The van der Waals surface area contributed by atoms with E-state index < -0.39 is 16.4 Å². The number of primary amides is 1. The zero-order chi connectivity index (χ0) is 16.2. The van der Waals surface area contributed by atoms with E-state index in [2.05, 4.69) is 5.32 Å². The molecule has 0 saturated carbocycles. The van der Waals surface area contributed by atoms with Crippen LogP contribution in [0.1, 0.15) is 25.8 Å².